The summed E-state index contributed by atoms with van der Waals surface area (Å²) in [5.74, 6) is 0.414. The summed E-state index contributed by atoms with van der Waals surface area (Å²) in [6.07, 6.45) is 1.72. The number of nitrogens with zero attached hydrogens (tertiary/aromatic N) is 1. The van der Waals surface area contributed by atoms with Crippen LogP contribution in [0.2, 0.25) is 0 Å². The van der Waals surface area contributed by atoms with E-state index in [0.717, 1.165) is 5.69 Å². The lowest BCUT2D eigenvalue weighted by molar-refractivity contribution is -0.120. The van der Waals surface area contributed by atoms with Crippen molar-refractivity contribution in [1.82, 2.24) is 4.98 Å². The van der Waals surface area contributed by atoms with Crippen LogP contribution in [0.4, 0.5) is 5.69 Å². The quantitative estimate of drug-likeness (QED) is 0.884. The summed E-state index contributed by atoms with van der Waals surface area (Å²) in [5.41, 5.74) is 6.31. The smallest absolute Gasteiger partial charge is 0.243 e. The van der Waals surface area contributed by atoms with Crippen molar-refractivity contribution in [1.29, 1.82) is 0 Å². The number of carbonyl (C=O) groups is 1. The Labute approximate surface area is 124 Å². The maximum Gasteiger partial charge on any atom is 0.243 e. The Bertz CT molecular complexity index is 606. The van der Waals surface area contributed by atoms with E-state index in [2.05, 4.69) is 10.3 Å². The summed E-state index contributed by atoms with van der Waals surface area (Å²) in [5, 5.41) is 2.76. The Morgan fingerprint density at radius 2 is 2.10 bits per heavy atom. The number of nitrogens with one attached hydrogen (secondary N) is 1. The number of nitrogens with two attached hydrogens (primary N) is 1. The predicted molar refractivity (Wildman–Crippen MR) is 81.9 cm³/mol. The molecule has 0 unspecified atom stereocenters. The first-order chi connectivity index (χ1) is 9.95. The summed E-state index contributed by atoms with van der Waals surface area (Å²) >= 11 is 0. The van der Waals surface area contributed by atoms with Crippen molar-refractivity contribution in [3.8, 4) is 5.75 Å². The van der Waals surface area contributed by atoms with Crippen LogP contribution in [0.25, 0.3) is 0 Å². The Balaban J connectivity index is 1.99. The van der Waals surface area contributed by atoms with Crippen molar-refractivity contribution in [2.24, 2.45) is 5.73 Å². The summed E-state index contributed by atoms with van der Waals surface area (Å²) in [7, 11) is 0. The number of hydrogen-bond acceptors (Lipinski definition) is 4. The van der Waals surface area contributed by atoms with Gasteiger partial charge < -0.3 is 15.8 Å². The third-order valence-electron chi connectivity index (χ3n) is 2.79. The molecule has 5 heteroatoms. The maximum atomic E-state index is 11.8. The topological polar surface area (TPSA) is 77.2 Å². The predicted octanol–water partition coefficient (Wildman–Crippen LogP) is 2.34. The molecule has 0 radical (unpaired) electrons. The molecule has 0 fully saturated rings. The van der Waals surface area contributed by atoms with E-state index in [1.165, 1.54) is 0 Å². The summed E-state index contributed by atoms with van der Waals surface area (Å²) < 4.78 is 5.65. The molecule has 1 amide bonds. The second-order valence-electron chi connectivity index (χ2n) is 5.31. The Kier molecular flexibility index (Phi) is 4.55. The van der Waals surface area contributed by atoms with Crippen molar-refractivity contribution >= 4 is 11.6 Å². The molecule has 3 N–H and O–H groups in total. The molecule has 0 aliphatic rings. The van der Waals surface area contributed by atoms with Crippen molar-refractivity contribution in [2.45, 2.75) is 26.0 Å². The highest BCUT2D eigenvalue weighted by Crippen LogP contribution is 2.19. The maximum absolute atomic E-state index is 11.8. The molecule has 0 spiro atoms. The highest BCUT2D eigenvalue weighted by molar-refractivity contribution is 5.97. The third kappa shape index (κ3) is 4.57. The number of amides is 1. The van der Waals surface area contributed by atoms with Crippen LogP contribution in [0.1, 0.15) is 19.5 Å². The number of hydrogen-bond donors (Lipinski definition) is 2. The standard InChI is InChI=1S/C16H19N3O2/c1-16(2,17)15(20)19-12-7-5-8-14(10-12)21-11-13-6-3-4-9-18-13/h3-10H,11,17H2,1-2H3,(H,19,20). The average Bonchev–Trinajstić information content (AvgIpc) is 2.46. The fraction of sp³-hybridized carbons (Fsp3) is 0.250. The highest BCUT2D eigenvalue weighted by Gasteiger charge is 2.21. The number of carbonyl (C=O) groups excluding carboxylic acids is 1. The number of anilines is 1. The van der Waals surface area contributed by atoms with Gasteiger partial charge in [0.15, 0.2) is 0 Å². The van der Waals surface area contributed by atoms with Crippen LogP contribution >= 0.6 is 0 Å². The van der Waals surface area contributed by atoms with Crippen LogP contribution in [-0.4, -0.2) is 16.4 Å². The zero-order valence-corrected chi connectivity index (χ0v) is 12.2. The fourth-order valence-corrected chi connectivity index (χ4v) is 1.60. The minimum absolute atomic E-state index is 0.246. The van der Waals surface area contributed by atoms with Crippen LogP contribution in [0, 0.1) is 0 Å². The number of rotatable bonds is 5. The number of aromatic nitrogens is 1. The summed E-state index contributed by atoms with van der Waals surface area (Å²) in [6.45, 7) is 3.69. The molecule has 0 bridgehead atoms. The molecule has 1 aromatic heterocycles. The van der Waals surface area contributed by atoms with Crippen LogP contribution in [-0.2, 0) is 11.4 Å². The summed E-state index contributed by atoms with van der Waals surface area (Å²) in [6, 6.07) is 12.8. The molecular formula is C16H19N3O2. The average molecular weight is 285 g/mol. The summed E-state index contributed by atoms with van der Waals surface area (Å²) in [4.78, 5) is 16.0. The number of ether oxygens (including phenoxy) is 1. The highest BCUT2D eigenvalue weighted by atomic mass is 16.5. The minimum Gasteiger partial charge on any atom is -0.487 e. The molecular weight excluding hydrogens is 266 g/mol. The van der Waals surface area contributed by atoms with E-state index in [-0.39, 0.29) is 5.91 Å². The minimum atomic E-state index is -0.926. The second-order valence-corrected chi connectivity index (χ2v) is 5.31. The lowest BCUT2D eigenvalue weighted by Gasteiger charge is -2.18. The van der Waals surface area contributed by atoms with Crippen molar-refractivity contribution < 1.29 is 9.53 Å². The molecule has 1 heterocycles. The van der Waals surface area contributed by atoms with Gasteiger partial charge in [-0.25, -0.2) is 0 Å². The van der Waals surface area contributed by atoms with Crippen LogP contribution in [0.3, 0.4) is 0 Å². The van der Waals surface area contributed by atoms with Crippen LogP contribution in [0.5, 0.6) is 5.75 Å². The van der Waals surface area contributed by atoms with E-state index in [4.69, 9.17) is 10.5 Å². The molecule has 1 aromatic carbocycles. The van der Waals surface area contributed by atoms with Gasteiger partial charge in [-0.15, -0.1) is 0 Å². The normalized spacial score (nSPS) is 11.0. The molecule has 0 saturated heterocycles. The molecule has 0 saturated carbocycles. The van der Waals surface area contributed by atoms with E-state index >= 15 is 0 Å². The molecule has 0 aliphatic heterocycles. The van der Waals surface area contributed by atoms with Gasteiger partial charge in [-0.05, 0) is 38.1 Å². The van der Waals surface area contributed by atoms with E-state index in [0.29, 0.717) is 18.0 Å². The van der Waals surface area contributed by atoms with E-state index < -0.39 is 5.54 Å². The molecule has 5 nitrogen and oxygen atoms in total. The van der Waals surface area contributed by atoms with Gasteiger partial charge in [0.2, 0.25) is 5.91 Å². The fourth-order valence-electron chi connectivity index (χ4n) is 1.60. The van der Waals surface area contributed by atoms with Crippen LogP contribution < -0.4 is 15.8 Å². The second kappa shape index (κ2) is 6.37. The molecule has 2 aromatic rings. The van der Waals surface area contributed by atoms with Gasteiger partial charge in [0.1, 0.15) is 12.4 Å². The van der Waals surface area contributed by atoms with Gasteiger partial charge in [0.25, 0.3) is 0 Å². The van der Waals surface area contributed by atoms with Crippen molar-refractivity contribution in [3.63, 3.8) is 0 Å². The van der Waals surface area contributed by atoms with Gasteiger partial charge in [-0.2, -0.15) is 0 Å². The molecule has 110 valence electrons. The zero-order chi connectivity index (χ0) is 15.3. The lowest BCUT2D eigenvalue weighted by Crippen LogP contribution is -2.45. The van der Waals surface area contributed by atoms with Crippen molar-refractivity contribution in [2.75, 3.05) is 5.32 Å². The third-order valence-corrected chi connectivity index (χ3v) is 2.79. The van der Waals surface area contributed by atoms with Gasteiger partial charge >= 0.3 is 0 Å². The van der Waals surface area contributed by atoms with Crippen LogP contribution in [0.15, 0.2) is 48.7 Å². The molecule has 0 atom stereocenters. The Morgan fingerprint density at radius 1 is 1.29 bits per heavy atom. The monoisotopic (exact) mass is 285 g/mol. The lowest BCUT2D eigenvalue weighted by atomic mass is 10.1. The Morgan fingerprint density at radius 3 is 2.76 bits per heavy atom. The van der Waals surface area contributed by atoms with Gasteiger partial charge in [0.05, 0.1) is 11.2 Å². The van der Waals surface area contributed by atoms with E-state index in [1.54, 1.807) is 32.2 Å². The van der Waals surface area contributed by atoms with Crippen molar-refractivity contribution in [3.05, 3.63) is 54.4 Å². The van der Waals surface area contributed by atoms with Gasteiger partial charge in [0, 0.05) is 18.0 Å². The first-order valence-corrected chi connectivity index (χ1v) is 6.68. The molecule has 0 aliphatic carbocycles. The number of pyridine rings is 1. The number of benzene rings is 1. The van der Waals surface area contributed by atoms with E-state index in [9.17, 15) is 4.79 Å². The first-order valence-electron chi connectivity index (χ1n) is 6.68. The van der Waals surface area contributed by atoms with E-state index in [1.807, 2.05) is 30.3 Å². The molecule has 21 heavy (non-hydrogen) atoms. The van der Waals surface area contributed by atoms with Gasteiger partial charge in [-0.1, -0.05) is 12.1 Å². The Hall–Kier alpha value is -2.40. The van der Waals surface area contributed by atoms with Gasteiger partial charge in [-0.3, -0.25) is 9.78 Å². The first kappa shape index (κ1) is 15.0. The SMILES string of the molecule is CC(C)(N)C(=O)Nc1cccc(OCc2ccccn2)c1. The zero-order valence-electron chi connectivity index (χ0n) is 12.2. The largest absolute Gasteiger partial charge is 0.487 e. The molecule has 2 rings (SSSR count).